The van der Waals surface area contributed by atoms with E-state index in [-0.39, 0.29) is 11.8 Å². The summed E-state index contributed by atoms with van der Waals surface area (Å²) >= 11 is 3.33. The number of nitrogens with one attached hydrogen (secondary N) is 3. The molecule has 1 aliphatic rings. The molecule has 2 aromatic rings. The number of rotatable bonds is 4. The number of carbonyl (C=O) groups is 2. The minimum absolute atomic E-state index is 0.187. The molecule has 1 fully saturated rings. The first-order valence-electron chi connectivity index (χ1n) is 8.61. The molecule has 26 heavy (non-hydrogen) atoms. The number of hydrogen-bond acceptors (Lipinski definition) is 3. The third kappa shape index (κ3) is 4.83. The first-order chi connectivity index (χ1) is 12.6. The summed E-state index contributed by atoms with van der Waals surface area (Å²) in [4.78, 5) is 27.7. The molecule has 0 bridgehead atoms. The van der Waals surface area contributed by atoms with E-state index < -0.39 is 0 Å². The van der Waals surface area contributed by atoms with Crippen molar-refractivity contribution in [1.82, 2.24) is 10.9 Å². The van der Waals surface area contributed by atoms with Crippen molar-refractivity contribution in [2.75, 3.05) is 37.6 Å². The van der Waals surface area contributed by atoms with E-state index in [1.54, 1.807) is 18.2 Å². The van der Waals surface area contributed by atoms with E-state index in [1.165, 1.54) is 10.6 Å². The lowest BCUT2D eigenvalue weighted by Crippen LogP contribution is -3.16. The van der Waals surface area contributed by atoms with Gasteiger partial charge in [-0.3, -0.25) is 20.4 Å². The molecular formula is C19H22BrN4O2+. The van der Waals surface area contributed by atoms with Crippen molar-refractivity contribution in [2.24, 2.45) is 0 Å². The lowest BCUT2D eigenvalue weighted by atomic mass is 10.2. The molecule has 6 nitrogen and oxygen atoms in total. The molecule has 2 amide bonds. The summed E-state index contributed by atoms with van der Waals surface area (Å²) in [5, 5.41) is 0. The highest BCUT2D eigenvalue weighted by Crippen LogP contribution is 2.15. The van der Waals surface area contributed by atoms with Gasteiger partial charge in [0.25, 0.3) is 11.8 Å². The third-order valence-electron chi connectivity index (χ3n) is 4.44. The maximum absolute atomic E-state index is 12.1. The Bertz CT molecular complexity index is 761. The molecule has 1 aliphatic heterocycles. The van der Waals surface area contributed by atoms with Gasteiger partial charge in [0.05, 0.1) is 31.7 Å². The Hall–Kier alpha value is -2.38. The van der Waals surface area contributed by atoms with Gasteiger partial charge in [0.2, 0.25) is 0 Å². The molecule has 1 saturated heterocycles. The summed E-state index contributed by atoms with van der Waals surface area (Å²) in [7, 11) is 0. The van der Waals surface area contributed by atoms with Crippen molar-refractivity contribution >= 4 is 33.4 Å². The molecule has 0 aromatic heterocycles. The van der Waals surface area contributed by atoms with Crippen LogP contribution < -0.4 is 20.7 Å². The summed E-state index contributed by atoms with van der Waals surface area (Å²) in [6.07, 6.45) is 0. The van der Waals surface area contributed by atoms with E-state index in [4.69, 9.17) is 0 Å². The molecule has 0 unspecified atom stereocenters. The Balaban J connectivity index is 1.42. The average Bonchev–Trinajstić information content (AvgIpc) is 2.68. The zero-order valence-corrected chi connectivity index (χ0v) is 16.0. The van der Waals surface area contributed by atoms with Crippen LogP contribution in [0.25, 0.3) is 0 Å². The van der Waals surface area contributed by atoms with Crippen LogP contribution in [0, 0.1) is 0 Å². The normalized spacial score (nSPS) is 14.7. The standard InChI is InChI=1S/C19H21BrN4O2/c20-17-9-5-4-8-16(17)19(26)22-21-18(25)14-23-10-12-24(13-11-23)15-6-2-1-3-7-15/h1-9H,10-14H2,(H,21,25)(H,22,26)/p+1. The number of halogens is 1. The quantitative estimate of drug-likeness (QED) is 0.638. The highest BCUT2D eigenvalue weighted by atomic mass is 79.9. The van der Waals surface area contributed by atoms with Gasteiger partial charge in [0.1, 0.15) is 0 Å². The zero-order chi connectivity index (χ0) is 18.4. The Morgan fingerprint density at radius 1 is 0.962 bits per heavy atom. The van der Waals surface area contributed by atoms with Crippen molar-refractivity contribution in [3.05, 3.63) is 64.6 Å². The second-order valence-electron chi connectivity index (χ2n) is 6.23. The number of piperazine rings is 1. The number of hydrogen-bond donors (Lipinski definition) is 3. The number of benzene rings is 2. The van der Waals surface area contributed by atoms with Crippen molar-refractivity contribution in [3.8, 4) is 0 Å². The SMILES string of the molecule is O=C(C[NH+]1CCN(c2ccccc2)CC1)NNC(=O)c1ccccc1Br. The fraction of sp³-hybridized carbons (Fsp3) is 0.263. The van der Waals surface area contributed by atoms with Crippen molar-refractivity contribution < 1.29 is 14.5 Å². The van der Waals surface area contributed by atoms with Crippen LogP contribution in [-0.2, 0) is 4.79 Å². The summed E-state index contributed by atoms with van der Waals surface area (Å²) in [6, 6.07) is 17.4. The van der Waals surface area contributed by atoms with E-state index >= 15 is 0 Å². The molecule has 2 aromatic carbocycles. The molecule has 0 radical (unpaired) electrons. The smallest absolute Gasteiger partial charge is 0.293 e. The predicted octanol–water partition coefficient (Wildman–Crippen LogP) is 0.615. The Morgan fingerprint density at radius 2 is 1.62 bits per heavy atom. The molecule has 0 atom stereocenters. The van der Waals surface area contributed by atoms with Gasteiger partial charge in [0.15, 0.2) is 6.54 Å². The number of nitrogens with zero attached hydrogens (tertiary/aromatic N) is 1. The topological polar surface area (TPSA) is 65.9 Å². The van der Waals surface area contributed by atoms with Crippen LogP contribution in [0.2, 0.25) is 0 Å². The lowest BCUT2D eigenvalue weighted by molar-refractivity contribution is -0.892. The molecule has 7 heteroatoms. The summed E-state index contributed by atoms with van der Waals surface area (Å²) in [5.41, 5.74) is 6.68. The highest BCUT2D eigenvalue weighted by Gasteiger charge is 2.22. The van der Waals surface area contributed by atoms with Gasteiger partial charge in [-0.1, -0.05) is 30.3 Å². The largest absolute Gasteiger partial charge is 0.360 e. The highest BCUT2D eigenvalue weighted by molar-refractivity contribution is 9.10. The maximum Gasteiger partial charge on any atom is 0.293 e. The van der Waals surface area contributed by atoms with Crippen LogP contribution in [0.3, 0.4) is 0 Å². The lowest BCUT2D eigenvalue weighted by Gasteiger charge is -2.33. The van der Waals surface area contributed by atoms with E-state index in [2.05, 4.69) is 43.8 Å². The van der Waals surface area contributed by atoms with Crippen LogP contribution in [0.5, 0.6) is 0 Å². The van der Waals surface area contributed by atoms with Crippen LogP contribution in [0.1, 0.15) is 10.4 Å². The van der Waals surface area contributed by atoms with Crippen molar-refractivity contribution in [3.63, 3.8) is 0 Å². The molecule has 3 N–H and O–H groups in total. The van der Waals surface area contributed by atoms with E-state index in [0.717, 1.165) is 26.2 Å². The molecule has 3 rings (SSSR count). The molecule has 0 aliphatic carbocycles. The first-order valence-corrected chi connectivity index (χ1v) is 9.40. The van der Waals surface area contributed by atoms with Gasteiger partial charge >= 0.3 is 0 Å². The molecule has 136 valence electrons. The fourth-order valence-electron chi connectivity index (χ4n) is 3.01. The Morgan fingerprint density at radius 3 is 2.31 bits per heavy atom. The monoisotopic (exact) mass is 417 g/mol. The van der Waals surface area contributed by atoms with Gasteiger partial charge in [-0.15, -0.1) is 0 Å². The Labute approximate surface area is 161 Å². The number of amides is 2. The number of anilines is 1. The molecule has 1 heterocycles. The van der Waals surface area contributed by atoms with Gasteiger partial charge in [-0.25, -0.2) is 0 Å². The van der Waals surface area contributed by atoms with Gasteiger partial charge in [-0.05, 0) is 40.2 Å². The van der Waals surface area contributed by atoms with Gasteiger partial charge < -0.3 is 9.80 Å². The van der Waals surface area contributed by atoms with Crippen molar-refractivity contribution in [2.45, 2.75) is 0 Å². The number of hydrazine groups is 1. The second kappa shape index (κ2) is 8.82. The minimum atomic E-state index is -0.338. The van der Waals surface area contributed by atoms with Crippen LogP contribution in [0.4, 0.5) is 5.69 Å². The second-order valence-corrected chi connectivity index (χ2v) is 7.09. The van der Waals surface area contributed by atoms with Gasteiger partial charge in [0, 0.05) is 10.2 Å². The molecular weight excluding hydrogens is 396 g/mol. The summed E-state index contributed by atoms with van der Waals surface area (Å²) < 4.78 is 0.689. The zero-order valence-electron chi connectivity index (χ0n) is 14.4. The Kier molecular flexibility index (Phi) is 6.25. The molecule has 0 spiro atoms. The maximum atomic E-state index is 12.1. The fourth-order valence-corrected chi connectivity index (χ4v) is 3.47. The predicted molar refractivity (Wildman–Crippen MR) is 104 cm³/mol. The minimum Gasteiger partial charge on any atom is -0.360 e. The molecule has 0 saturated carbocycles. The van der Waals surface area contributed by atoms with E-state index in [9.17, 15) is 9.59 Å². The van der Waals surface area contributed by atoms with Crippen LogP contribution in [-0.4, -0.2) is 44.5 Å². The number of para-hydroxylation sites is 1. The third-order valence-corrected chi connectivity index (χ3v) is 5.13. The van der Waals surface area contributed by atoms with Crippen molar-refractivity contribution in [1.29, 1.82) is 0 Å². The van der Waals surface area contributed by atoms with Gasteiger partial charge in [-0.2, -0.15) is 0 Å². The van der Waals surface area contributed by atoms with E-state index in [1.807, 2.05) is 24.3 Å². The number of quaternary nitrogens is 1. The van der Waals surface area contributed by atoms with Crippen LogP contribution in [0.15, 0.2) is 59.1 Å². The first kappa shape index (κ1) is 18.4. The summed E-state index contributed by atoms with van der Waals surface area (Å²) in [5.74, 6) is -0.525. The van der Waals surface area contributed by atoms with Crippen LogP contribution >= 0.6 is 15.9 Å². The van der Waals surface area contributed by atoms with E-state index in [0.29, 0.717) is 16.6 Å². The number of carbonyl (C=O) groups excluding carboxylic acids is 2. The summed E-state index contributed by atoms with van der Waals surface area (Å²) in [6.45, 7) is 3.95. The average molecular weight is 418 g/mol.